The van der Waals surface area contributed by atoms with E-state index in [1.165, 1.54) is 0 Å². The number of hydrogen-bond donors (Lipinski definition) is 1. The van der Waals surface area contributed by atoms with Gasteiger partial charge in [0.1, 0.15) is 0 Å². The van der Waals surface area contributed by atoms with Crippen molar-refractivity contribution in [2.24, 2.45) is 5.41 Å². The molecule has 0 heterocycles. The molecule has 0 aliphatic heterocycles. The standard InChI is InChI=1S/C11H21N/c1-6-8-11(4,9-7-2)10(3)12-5/h6-10,12H,1-5H3/b8-6-,9-7-. The average Bonchev–Trinajstić information content (AvgIpc) is 2.04. The van der Waals surface area contributed by atoms with E-state index in [2.05, 4.69) is 57.3 Å². The third-order valence-corrected chi connectivity index (χ3v) is 2.42. The van der Waals surface area contributed by atoms with Crippen molar-refractivity contribution in [3.63, 3.8) is 0 Å². The number of allylic oxidation sites excluding steroid dienone is 2. The summed E-state index contributed by atoms with van der Waals surface area (Å²) >= 11 is 0. The van der Waals surface area contributed by atoms with Crippen molar-refractivity contribution in [2.75, 3.05) is 7.05 Å². The van der Waals surface area contributed by atoms with Crippen LogP contribution in [0.5, 0.6) is 0 Å². The summed E-state index contributed by atoms with van der Waals surface area (Å²) < 4.78 is 0. The fourth-order valence-electron chi connectivity index (χ4n) is 1.37. The summed E-state index contributed by atoms with van der Waals surface area (Å²) in [4.78, 5) is 0. The van der Waals surface area contributed by atoms with Gasteiger partial charge in [-0.15, -0.1) is 0 Å². The van der Waals surface area contributed by atoms with Crippen LogP contribution in [0.4, 0.5) is 0 Å². The maximum absolute atomic E-state index is 3.27. The molecule has 1 heteroatoms. The first-order valence-corrected chi connectivity index (χ1v) is 4.55. The Labute approximate surface area is 76.6 Å². The normalized spacial score (nSPS) is 16.1. The van der Waals surface area contributed by atoms with Crippen LogP contribution >= 0.6 is 0 Å². The van der Waals surface area contributed by atoms with Crippen molar-refractivity contribution >= 4 is 0 Å². The molecule has 0 aromatic rings. The minimum atomic E-state index is 0.137. The Hall–Kier alpha value is -0.560. The molecule has 0 radical (unpaired) electrons. The third kappa shape index (κ3) is 2.82. The zero-order chi connectivity index (χ0) is 9.61. The molecule has 1 nitrogen and oxygen atoms in total. The third-order valence-electron chi connectivity index (χ3n) is 2.42. The van der Waals surface area contributed by atoms with Crippen LogP contribution in [0.25, 0.3) is 0 Å². The molecular formula is C11H21N. The van der Waals surface area contributed by atoms with Gasteiger partial charge < -0.3 is 5.32 Å². The molecule has 0 aliphatic rings. The maximum Gasteiger partial charge on any atom is 0.0183 e. The second kappa shape index (κ2) is 5.15. The van der Waals surface area contributed by atoms with E-state index in [-0.39, 0.29) is 5.41 Å². The van der Waals surface area contributed by atoms with Crippen molar-refractivity contribution < 1.29 is 0 Å². The Balaban J connectivity index is 4.60. The molecule has 1 atom stereocenters. The van der Waals surface area contributed by atoms with Gasteiger partial charge in [-0.1, -0.05) is 31.2 Å². The van der Waals surface area contributed by atoms with Crippen molar-refractivity contribution in [1.82, 2.24) is 5.32 Å². The lowest BCUT2D eigenvalue weighted by atomic mass is 9.82. The molecule has 0 aromatic carbocycles. The van der Waals surface area contributed by atoms with Gasteiger partial charge >= 0.3 is 0 Å². The number of rotatable bonds is 4. The van der Waals surface area contributed by atoms with Crippen LogP contribution in [-0.4, -0.2) is 13.1 Å². The van der Waals surface area contributed by atoms with Gasteiger partial charge in [0, 0.05) is 11.5 Å². The quantitative estimate of drug-likeness (QED) is 0.635. The molecule has 12 heavy (non-hydrogen) atoms. The van der Waals surface area contributed by atoms with Crippen LogP contribution in [0, 0.1) is 5.41 Å². The van der Waals surface area contributed by atoms with Crippen molar-refractivity contribution in [3.8, 4) is 0 Å². The van der Waals surface area contributed by atoms with Crippen LogP contribution in [0.2, 0.25) is 0 Å². The predicted molar refractivity (Wildman–Crippen MR) is 56.3 cm³/mol. The van der Waals surface area contributed by atoms with Crippen LogP contribution < -0.4 is 5.32 Å². The van der Waals surface area contributed by atoms with E-state index >= 15 is 0 Å². The second-order valence-electron chi connectivity index (χ2n) is 3.38. The molecule has 0 spiro atoms. The van der Waals surface area contributed by atoms with Crippen molar-refractivity contribution in [2.45, 2.75) is 33.7 Å². The monoisotopic (exact) mass is 167 g/mol. The Morgan fingerprint density at radius 3 is 1.83 bits per heavy atom. The van der Waals surface area contributed by atoms with Gasteiger partial charge in [0.2, 0.25) is 0 Å². The van der Waals surface area contributed by atoms with Gasteiger partial charge in [-0.05, 0) is 27.8 Å². The van der Waals surface area contributed by atoms with E-state index in [9.17, 15) is 0 Å². The summed E-state index contributed by atoms with van der Waals surface area (Å²) in [6, 6.07) is 0.463. The SMILES string of the molecule is C/C=C\C(C)(/C=C\C)C(C)NC. The van der Waals surface area contributed by atoms with Gasteiger partial charge in [0.05, 0.1) is 0 Å². The van der Waals surface area contributed by atoms with Gasteiger partial charge in [-0.3, -0.25) is 0 Å². The molecule has 0 saturated carbocycles. The average molecular weight is 167 g/mol. The summed E-state index contributed by atoms with van der Waals surface area (Å²) in [6.07, 6.45) is 8.67. The molecule has 0 saturated heterocycles. The van der Waals surface area contributed by atoms with E-state index in [1.807, 2.05) is 7.05 Å². The largest absolute Gasteiger partial charge is 0.316 e. The summed E-state index contributed by atoms with van der Waals surface area (Å²) in [7, 11) is 2.00. The van der Waals surface area contributed by atoms with E-state index in [0.29, 0.717) is 6.04 Å². The van der Waals surface area contributed by atoms with E-state index in [4.69, 9.17) is 0 Å². The molecule has 0 bridgehead atoms. The Kier molecular flexibility index (Phi) is 4.91. The van der Waals surface area contributed by atoms with E-state index in [1.54, 1.807) is 0 Å². The lowest BCUT2D eigenvalue weighted by molar-refractivity contribution is 0.393. The Bertz CT molecular complexity index is 156. The van der Waals surface area contributed by atoms with Crippen LogP contribution in [0.1, 0.15) is 27.7 Å². The second-order valence-corrected chi connectivity index (χ2v) is 3.38. The molecular weight excluding hydrogens is 146 g/mol. The molecule has 70 valence electrons. The first-order chi connectivity index (χ1) is 5.60. The fourth-order valence-corrected chi connectivity index (χ4v) is 1.37. The first kappa shape index (κ1) is 11.4. The minimum absolute atomic E-state index is 0.137. The molecule has 0 aromatic heterocycles. The van der Waals surface area contributed by atoms with Crippen LogP contribution in [0.15, 0.2) is 24.3 Å². The number of nitrogens with one attached hydrogen (secondary N) is 1. The highest BCUT2D eigenvalue weighted by Gasteiger charge is 2.23. The predicted octanol–water partition coefficient (Wildman–Crippen LogP) is 2.75. The number of hydrogen-bond acceptors (Lipinski definition) is 1. The van der Waals surface area contributed by atoms with Gasteiger partial charge in [0.25, 0.3) is 0 Å². The van der Waals surface area contributed by atoms with Crippen LogP contribution in [0.3, 0.4) is 0 Å². The minimum Gasteiger partial charge on any atom is -0.316 e. The molecule has 0 rings (SSSR count). The van der Waals surface area contributed by atoms with Gasteiger partial charge in [-0.25, -0.2) is 0 Å². The molecule has 0 aliphatic carbocycles. The lowest BCUT2D eigenvalue weighted by Gasteiger charge is -2.29. The topological polar surface area (TPSA) is 12.0 Å². The highest BCUT2D eigenvalue weighted by Crippen LogP contribution is 2.24. The first-order valence-electron chi connectivity index (χ1n) is 4.55. The smallest absolute Gasteiger partial charge is 0.0183 e. The van der Waals surface area contributed by atoms with E-state index < -0.39 is 0 Å². The Morgan fingerprint density at radius 1 is 1.17 bits per heavy atom. The zero-order valence-corrected chi connectivity index (χ0v) is 8.89. The summed E-state index contributed by atoms with van der Waals surface area (Å²) in [5.74, 6) is 0. The summed E-state index contributed by atoms with van der Waals surface area (Å²) in [6.45, 7) is 8.54. The maximum atomic E-state index is 3.27. The fraction of sp³-hybridized carbons (Fsp3) is 0.636. The Morgan fingerprint density at radius 2 is 1.58 bits per heavy atom. The molecule has 1 unspecified atom stereocenters. The van der Waals surface area contributed by atoms with Gasteiger partial charge in [0.15, 0.2) is 0 Å². The van der Waals surface area contributed by atoms with E-state index in [0.717, 1.165) is 0 Å². The molecule has 1 N–H and O–H groups in total. The highest BCUT2D eigenvalue weighted by atomic mass is 14.9. The van der Waals surface area contributed by atoms with Crippen molar-refractivity contribution in [3.05, 3.63) is 24.3 Å². The van der Waals surface area contributed by atoms with Crippen molar-refractivity contribution in [1.29, 1.82) is 0 Å². The van der Waals surface area contributed by atoms with Gasteiger partial charge in [-0.2, -0.15) is 0 Å². The molecule has 0 amide bonds. The summed E-state index contributed by atoms with van der Waals surface area (Å²) in [5, 5.41) is 3.27. The zero-order valence-electron chi connectivity index (χ0n) is 8.89. The summed E-state index contributed by atoms with van der Waals surface area (Å²) in [5.41, 5.74) is 0.137. The highest BCUT2D eigenvalue weighted by molar-refractivity contribution is 5.12. The molecule has 0 fully saturated rings. The lowest BCUT2D eigenvalue weighted by Crippen LogP contribution is -2.36. The van der Waals surface area contributed by atoms with Crippen LogP contribution in [-0.2, 0) is 0 Å².